The number of carbonyl (C=O) groups is 1. The Balaban J connectivity index is 1.99. The molecule has 0 aromatic heterocycles. The number of fused-ring (bicyclic) bond motifs is 1. The zero-order chi connectivity index (χ0) is 13.1. The first kappa shape index (κ1) is 12.9. The average Bonchev–Trinajstić information content (AvgIpc) is 2.64. The molecule has 0 aliphatic heterocycles. The zero-order valence-corrected chi connectivity index (χ0v) is 10.8. The maximum Gasteiger partial charge on any atom is 0.315 e. The van der Waals surface area contributed by atoms with Crippen molar-refractivity contribution in [3.63, 3.8) is 0 Å². The van der Waals surface area contributed by atoms with Gasteiger partial charge in [0, 0.05) is 13.0 Å². The molecule has 18 heavy (non-hydrogen) atoms. The summed E-state index contributed by atoms with van der Waals surface area (Å²) in [7, 11) is 0. The fourth-order valence-corrected chi connectivity index (χ4v) is 2.24. The van der Waals surface area contributed by atoms with Gasteiger partial charge in [-0.15, -0.1) is 0 Å². The predicted octanol–water partition coefficient (Wildman–Crippen LogP) is 1.60. The molecule has 0 spiro atoms. The van der Waals surface area contributed by atoms with Gasteiger partial charge >= 0.3 is 6.03 Å². The van der Waals surface area contributed by atoms with Crippen molar-refractivity contribution in [2.45, 2.75) is 32.4 Å². The Kier molecular flexibility index (Phi) is 3.87. The number of amides is 2. The molecule has 1 aliphatic rings. The summed E-state index contributed by atoms with van der Waals surface area (Å²) in [6.45, 7) is 4.72. The normalized spacial score (nSPS) is 21.8. The van der Waals surface area contributed by atoms with E-state index in [1.807, 2.05) is 38.1 Å². The van der Waals surface area contributed by atoms with Crippen LogP contribution in [0.15, 0.2) is 24.3 Å². The Bertz CT molecular complexity index is 432. The van der Waals surface area contributed by atoms with Crippen molar-refractivity contribution in [1.82, 2.24) is 10.6 Å². The Morgan fingerprint density at radius 1 is 1.44 bits per heavy atom. The van der Waals surface area contributed by atoms with Crippen LogP contribution < -0.4 is 10.6 Å². The number of nitrogens with one attached hydrogen (secondary N) is 2. The van der Waals surface area contributed by atoms with E-state index in [1.165, 1.54) is 0 Å². The molecule has 4 nitrogen and oxygen atoms in total. The summed E-state index contributed by atoms with van der Waals surface area (Å²) in [5.74, 6) is 0.413. The number of aliphatic hydroxyl groups excluding tert-OH is 1. The Morgan fingerprint density at radius 3 is 2.89 bits per heavy atom. The SMILES string of the molecule is CC(C)CNC(=O)NC1c2ccccc2CC1O. The van der Waals surface area contributed by atoms with Crippen LogP contribution in [0.1, 0.15) is 31.0 Å². The molecular weight excluding hydrogens is 228 g/mol. The third kappa shape index (κ3) is 2.82. The van der Waals surface area contributed by atoms with Crippen LogP contribution in [0.25, 0.3) is 0 Å². The van der Waals surface area contributed by atoms with Gasteiger partial charge in [-0.3, -0.25) is 0 Å². The van der Waals surface area contributed by atoms with E-state index < -0.39 is 6.10 Å². The number of urea groups is 1. The Morgan fingerprint density at radius 2 is 2.17 bits per heavy atom. The van der Waals surface area contributed by atoms with Gasteiger partial charge in [0.05, 0.1) is 12.1 Å². The third-order valence-corrected chi connectivity index (χ3v) is 3.16. The van der Waals surface area contributed by atoms with E-state index in [4.69, 9.17) is 0 Å². The second kappa shape index (κ2) is 5.40. The Labute approximate surface area is 107 Å². The van der Waals surface area contributed by atoms with Crippen LogP contribution in [0.2, 0.25) is 0 Å². The zero-order valence-electron chi connectivity index (χ0n) is 10.8. The number of hydrogen-bond acceptors (Lipinski definition) is 2. The van der Waals surface area contributed by atoms with Gasteiger partial charge in [0.25, 0.3) is 0 Å². The van der Waals surface area contributed by atoms with Crippen molar-refractivity contribution in [3.8, 4) is 0 Å². The van der Waals surface area contributed by atoms with Gasteiger partial charge in [-0.05, 0) is 17.0 Å². The van der Waals surface area contributed by atoms with Crippen LogP contribution in [0.5, 0.6) is 0 Å². The summed E-state index contributed by atoms with van der Waals surface area (Å²) in [6.07, 6.45) is 0.0675. The minimum absolute atomic E-state index is 0.218. The molecule has 4 heteroatoms. The monoisotopic (exact) mass is 248 g/mol. The van der Waals surface area contributed by atoms with Gasteiger partial charge in [0.15, 0.2) is 0 Å². The van der Waals surface area contributed by atoms with Crippen LogP contribution in [-0.4, -0.2) is 23.8 Å². The quantitative estimate of drug-likeness (QED) is 0.761. The molecule has 1 aromatic carbocycles. The van der Waals surface area contributed by atoms with E-state index in [2.05, 4.69) is 10.6 Å². The number of benzene rings is 1. The molecule has 2 rings (SSSR count). The molecule has 3 N–H and O–H groups in total. The van der Waals surface area contributed by atoms with Gasteiger partial charge in [-0.25, -0.2) is 4.79 Å². The number of carbonyl (C=O) groups excluding carboxylic acids is 1. The number of aliphatic hydroxyl groups is 1. The largest absolute Gasteiger partial charge is 0.390 e. The van der Waals surface area contributed by atoms with E-state index in [0.29, 0.717) is 18.9 Å². The van der Waals surface area contributed by atoms with Crippen molar-refractivity contribution < 1.29 is 9.90 Å². The highest BCUT2D eigenvalue weighted by Crippen LogP contribution is 2.30. The topological polar surface area (TPSA) is 61.4 Å². The lowest BCUT2D eigenvalue weighted by Crippen LogP contribution is -2.42. The molecular formula is C14H20N2O2. The van der Waals surface area contributed by atoms with Gasteiger partial charge in [-0.2, -0.15) is 0 Å². The summed E-state index contributed by atoms with van der Waals surface area (Å²) in [6, 6.07) is 7.31. The standard InChI is InChI=1S/C14H20N2O2/c1-9(2)8-15-14(18)16-13-11-6-4-3-5-10(11)7-12(13)17/h3-6,9,12-13,17H,7-8H2,1-2H3,(H2,15,16,18). The first-order chi connectivity index (χ1) is 8.58. The van der Waals surface area contributed by atoms with Gasteiger partial charge < -0.3 is 15.7 Å². The Hall–Kier alpha value is -1.55. The highest BCUT2D eigenvalue weighted by molar-refractivity contribution is 5.74. The van der Waals surface area contributed by atoms with E-state index in [0.717, 1.165) is 11.1 Å². The van der Waals surface area contributed by atoms with Crippen LogP contribution in [0, 0.1) is 5.92 Å². The fourth-order valence-electron chi connectivity index (χ4n) is 2.24. The molecule has 0 heterocycles. The van der Waals surface area contributed by atoms with Crippen molar-refractivity contribution in [3.05, 3.63) is 35.4 Å². The highest BCUT2D eigenvalue weighted by Gasteiger charge is 2.31. The lowest BCUT2D eigenvalue weighted by atomic mass is 10.1. The summed E-state index contributed by atoms with van der Waals surface area (Å²) >= 11 is 0. The van der Waals surface area contributed by atoms with E-state index in [-0.39, 0.29) is 12.1 Å². The van der Waals surface area contributed by atoms with E-state index in [9.17, 15) is 9.90 Å². The van der Waals surface area contributed by atoms with Crippen molar-refractivity contribution in [1.29, 1.82) is 0 Å². The molecule has 0 saturated heterocycles. The molecule has 0 fully saturated rings. The molecule has 2 unspecified atom stereocenters. The molecule has 98 valence electrons. The third-order valence-electron chi connectivity index (χ3n) is 3.16. The summed E-state index contributed by atoms with van der Waals surface area (Å²) in [5, 5.41) is 15.6. The predicted molar refractivity (Wildman–Crippen MR) is 70.3 cm³/mol. The van der Waals surface area contributed by atoms with Crippen molar-refractivity contribution >= 4 is 6.03 Å². The highest BCUT2D eigenvalue weighted by atomic mass is 16.3. The lowest BCUT2D eigenvalue weighted by molar-refractivity contribution is 0.142. The maximum absolute atomic E-state index is 11.7. The lowest BCUT2D eigenvalue weighted by Gasteiger charge is -2.18. The van der Waals surface area contributed by atoms with Crippen molar-refractivity contribution in [2.24, 2.45) is 5.92 Å². The molecule has 0 saturated carbocycles. The fraction of sp³-hybridized carbons (Fsp3) is 0.500. The molecule has 0 bridgehead atoms. The van der Waals surface area contributed by atoms with Gasteiger partial charge in [-0.1, -0.05) is 38.1 Å². The average molecular weight is 248 g/mol. The molecule has 0 radical (unpaired) electrons. The van der Waals surface area contributed by atoms with Gasteiger partial charge in [0.2, 0.25) is 0 Å². The van der Waals surface area contributed by atoms with Crippen LogP contribution in [0.4, 0.5) is 4.79 Å². The summed E-state index contributed by atoms with van der Waals surface area (Å²) < 4.78 is 0. The van der Waals surface area contributed by atoms with E-state index in [1.54, 1.807) is 0 Å². The second-order valence-electron chi connectivity index (χ2n) is 5.20. The minimum atomic E-state index is -0.535. The second-order valence-corrected chi connectivity index (χ2v) is 5.20. The van der Waals surface area contributed by atoms with E-state index >= 15 is 0 Å². The summed E-state index contributed by atoms with van der Waals surface area (Å²) in [5.41, 5.74) is 2.13. The van der Waals surface area contributed by atoms with Crippen LogP contribution >= 0.6 is 0 Å². The number of hydrogen-bond donors (Lipinski definition) is 3. The minimum Gasteiger partial charge on any atom is -0.390 e. The molecule has 2 amide bonds. The maximum atomic E-state index is 11.7. The smallest absolute Gasteiger partial charge is 0.315 e. The molecule has 1 aromatic rings. The number of rotatable bonds is 3. The van der Waals surface area contributed by atoms with Gasteiger partial charge in [0.1, 0.15) is 0 Å². The van der Waals surface area contributed by atoms with Crippen LogP contribution in [0.3, 0.4) is 0 Å². The first-order valence-corrected chi connectivity index (χ1v) is 6.38. The molecule has 2 atom stereocenters. The van der Waals surface area contributed by atoms with Crippen LogP contribution in [-0.2, 0) is 6.42 Å². The van der Waals surface area contributed by atoms with Crippen molar-refractivity contribution in [2.75, 3.05) is 6.54 Å². The first-order valence-electron chi connectivity index (χ1n) is 6.38. The summed E-state index contributed by atoms with van der Waals surface area (Å²) in [4.78, 5) is 11.7. The molecule has 1 aliphatic carbocycles.